The molecule has 3 heteroatoms. The maximum Gasteiger partial charge on any atom is 0.120 e. The van der Waals surface area contributed by atoms with Gasteiger partial charge in [0.25, 0.3) is 0 Å². The molecule has 2 rings (SSSR count). The summed E-state index contributed by atoms with van der Waals surface area (Å²) in [6.45, 7) is 2.15. The first kappa shape index (κ1) is 10.8. The van der Waals surface area contributed by atoms with Crippen LogP contribution in [0.15, 0.2) is 29.2 Å². The zero-order chi connectivity index (χ0) is 10.5. The molecule has 0 unspecified atom stereocenters. The fraction of sp³-hybridized carbons (Fsp3) is 0.500. The van der Waals surface area contributed by atoms with Crippen molar-refractivity contribution in [3.05, 3.63) is 24.3 Å². The molecule has 82 valence electrons. The van der Waals surface area contributed by atoms with Crippen molar-refractivity contribution in [3.8, 4) is 5.75 Å². The Morgan fingerprint density at radius 3 is 2.87 bits per heavy atom. The number of benzene rings is 1. The number of hydrogen-bond donors (Lipinski definition) is 1. The second kappa shape index (κ2) is 5.42. The summed E-state index contributed by atoms with van der Waals surface area (Å²) in [7, 11) is 0. The van der Waals surface area contributed by atoms with Gasteiger partial charge in [-0.25, -0.2) is 0 Å². The lowest BCUT2D eigenvalue weighted by atomic mass is 10.1. The lowest BCUT2D eigenvalue weighted by Gasteiger charge is -2.23. The van der Waals surface area contributed by atoms with E-state index in [-0.39, 0.29) is 0 Å². The van der Waals surface area contributed by atoms with Crippen LogP contribution in [0.5, 0.6) is 5.75 Å². The summed E-state index contributed by atoms with van der Waals surface area (Å²) in [5.41, 5.74) is 0. The molecule has 1 aliphatic rings. The van der Waals surface area contributed by atoms with Crippen molar-refractivity contribution in [1.29, 1.82) is 0 Å². The molecule has 0 aliphatic carbocycles. The predicted molar refractivity (Wildman–Crippen MR) is 64.7 cm³/mol. The molecular formula is C12H17NOS. The molecule has 1 fully saturated rings. The maximum absolute atomic E-state index is 5.94. The largest absolute Gasteiger partial charge is 0.490 e. The fourth-order valence-electron chi connectivity index (χ4n) is 1.78. The molecule has 2 nitrogen and oxygen atoms in total. The van der Waals surface area contributed by atoms with Gasteiger partial charge in [0.1, 0.15) is 11.9 Å². The molecule has 1 saturated heterocycles. The van der Waals surface area contributed by atoms with E-state index in [1.165, 1.54) is 4.90 Å². The molecule has 1 aliphatic heterocycles. The van der Waals surface area contributed by atoms with Crippen molar-refractivity contribution in [2.75, 3.05) is 19.3 Å². The standard InChI is InChI=1S/C12H17NOS/c1-15-12-4-2-3-11(9-12)14-10-5-7-13-8-6-10/h2-4,9-10,13H,5-8H2,1H3. The van der Waals surface area contributed by atoms with Crippen molar-refractivity contribution < 1.29 is 4.74 Å². The van der Waals surface area contributed by atoms with Crippen LogP contribution >= 0.6 is 11.8 Å². The highest BCUT2D eigenvalue weighted by atomic mass is 32.2. The van der Waals surface area contributed by atoms with Gasteiger partial charge in [-0.05, 0) is 50.4 Å². The number of hydrogen-bond acceptors (Lipinski definition) is 3. The summed E-state index contributed by atoms with van der Waals surface area (Å²) in [4.78, 5) is 1.27. The van der Waals surface area contributed by atoms with Gasteiger partial charge in [-0.2, -0.15) is 0 Å². The van der Waals surface area contributed by atoms with Gasteiger partial charge >= 0.3 is 0 Å². The lowest BCUT2D eigenvalue weighted by molar-refractivity contribution is 0.162. The van der Waals surface area contributed by atoms with Crippen molar-refractivity contribution in [1.82, 2.24) is 5.32 Å². The second-order valence-electron chi connectivity index (χ2n) is 3.75. The molecule has 1 N–H and O–H groups in total. The molecule has 1 aromatic rings. The summed E-state index contributed by atoms with van der Waals surface area (Å²) in [6.07, 6.45) is 4.71. The Balaban J connectivity index is 1.96. The van der Waals surface area contributed by atoms with Crippen LogP contribution in [-0.4, -0.2) is 25.4 Å². The van der Waals surface area contributed by atoms with E-state index < -0.39 is 0 Å². The van der Waals surface area contributed by atoms with E-state index in [1.54, 1.807) is 11.8 Å². The molecule has 0 saturated carbocycles. The third kappa shape index (κ3) is 3.14. The van der Waals surface area contributed by atoms with E-state index in [0.29, 0.717) is 6.10 Å². The highest BCUT2D eigenvalue weighted by Gasteiger charge is 2.14. The predicted octanol–water partition coefficient (Wildman–Crippen LogP) is 2.54. The minimum Gasteiger partial charge on any atom is -0.490 e. The van der Waals surface area contributed by atoms with Crippen LogP contribution in [0.3, 0.4) is 0 Å². The first-order valence-electron chi connectivity index (χ1n) is 5.40. The van der Waals surface area contributed by atoms with Gasteiger partial charge in [0.15, 0.2) is 0 Å². The summed E-state index contributed by atoms with van der Waals surface area (Å²) < 4.78 is 5.94. The van der Waals surface area contributed by atoms with E-state index in [0.717, 1.165) is 31.7 Å². The van der Waals surface area contributed by atoms with Gasteiger partial charge in [0.2, 0.25) is 0 Å². The molecule has 0 atom stereocenters. The monoisotopic (exact) mass is 223 g/mol. The molecule has 1 heterocycles. The highest BCUT2D eigenvalue weighted by Crippen LogP contribution is 2.22. The topological polar surface area (TPSA) is 21.3 Å². The Hall–Kier alpha value is -0.670. The van der Waals surface area contributed by atoms with Gasteiger partial charge in [0.05, 0.1) is 0 Å². The zero-order valence-electron chi connectivity index (χ0n) is 9.03. The Morgan fingerprint density at radius 1 is 1.33 bits per heavy atom. The molecule has 0 radical (unpaired) electrons. The number of piperidine rings is 1. The maximum atomic E-state index is 5.94. The van der Waals surface area contributed by atoms with Crippen LogP contribution in [0.25, 0.3) is 0 Å². The molecule has 0 bridgehead atoms. The van der Waals surface area contributed by atoms with E-state index in [2.05, 4.69) is 29.8 Å². The minimum absolute atomic E-state index is 0.392. The highest BCUT2D eigenvalue weighted by molar-refractivity contribution is 7.98. The molecule has 15 heavy (non-hydrogen) atoms. The SMILES string of the molecule is CSc1cccc(OC2CCNCC2)c1. The van der Waals surface area contributed by atoms with Crippen molar-refractivity contribution in [2.45, 2.75) is 23.8 Å². The first-order chi connectivity index (χ1) is 7.38. The number of thioether (sulfide) groups is 1. The molecular weight excluding hydrogens is 206 g/mol. The van der Waals surface area contributed by atoms with Crippen molar-refractivity contribution in [2.24, 2.45) is 0 Å². The normalized spacial score (nSPS) is 17.7. The molecule has 0 aromatic heterocycles. The van der Waals surface area contributed by atoms with Crippen LogP contribution in [0.4, 0.5) is 0 Å². The number of rotatable bonds is 3. The minimum atomic E-state index is 0.392. The van der Waals surface area contributed by atoms with Crippen molar-refractivity contribution >= 4 is 11.8 Å². The van der Waals surface area contributed by atoms with Crippen LogP contribution in [0.1, 0.15) is 12.8 Å². The third-order valence-electron chi connectivity index (χ3n) is 2.63. The van der Waals surface area contributed by atoms with Gasteiger partial charge in [0, 0.05) is 4.90 Å². The van der Waals surface area contributed by atoms with Gasteiger partial charge < -0.3 is 10.1 Å². The Labute approximate surface area is 95.4 Å². The zero-order valence-corrected chi connectivity index (χ0v) is 9.85. The summed E-state index contributed by atoms with van der Waals surface area (Å²) in [5, 5.41) is 3.34. The smallest absolute Gasteiger partial charge is 0.120 e. The molecule has 0 spiro atoms. The van der Waals surface area contributed by atoms with Crippen LogP contribution < -0.4 is 10.1 Å². The Bertz CT molecular complexity index is 310. The van der Waals surface area contributed by atoms with Crippen LogP contribution in [0, 0.1) is 0 Å². The first-order valence-corrected chi connectivity index (χ1v) is 6.62. The summed E-state index contributed by atoms with van der Waals surface area (Å²) in [6, 6.07) is 8.33. The molecule has 0 amide bonds. The van der Waals surface area contributed by atoms with E-state index >= 15 is 0 Å². The quantitative estimate of drug-likeness (QED) is 0.796. The Kier molecular flexibility index (Phi) is 3.92. The lowest BCUT2D eigenvalue weighted by Crippen LogP contribution is -2.34. The van der Waals surface area contributed by atoms with E-state index in [9.17, 15) is 0 Å². The Morgan fingerprint density at radius 2 is 2.13 bits per heavy atom. The molecule has 1 aromatic carbocycles. The van der Waals surface area contributed by atoms with E-state index in [1.807, 2.05) is 6.07 Å². The average molecular weight is 223 g/mol. The van der Waals surface area contributed by atoms with Crippen molar-refractivity contribution in [3.63, 3.8) is 0 Å². The second-order valence-corrected chi connectivity index (χ2v) is 4.63. The third-order valence-corrected chi connectivity index (χ3v) is 3.36. The van der Waals surface area contributed by atoms with E-state index in [4.69, 9.17) is 4.74 Å². The fourth-order valence-corrected chi connectivity index (χ4v) is 2.23. The summed E-state index contributed by atoms with van der Waals surface area (Å²) >= 11 is 1.75. The van der Waals surface area contributed by atoms with Crippen LogP contribution in [-0.2, 0) is 0 Å². The number of ether oxygens (including phenoxy) is 1. The van der Waals surface area contributed by atoms with Gasteiger partial charge in [-0.1, -0.05) is 6.07 Å². The van der Waals surface area contributed by atoms with Gasteiger partial charge in [-0.15, -0.1) is 11.8 Å². The summed E-state index contributed by atoms with van der Waals surface area (Å²) in [5.74, 6) is 1.01. The van der Waals surface area contributed by atoms with Crippen LogP contribution in [0.2, 0.25) is 0 Å². The number of nitrogens with one attached hydrogen (secondary N) is 1. The van der Waals surface area contributed by atoms with Gasteiger partial charge in [-0.3, -0.25) is 0 Å². The average Bonchev–Trinajstić information content (AvgIpc) is 2.31.